The van der Waals surface area contributed by atoms with Crippen LogP contribution in [0.1, 0.15) is 43.4 Å². The summed E-state index contributed by atoms with van der Waals surface area (Å²) in [5.74, 6) is 0.453. The molecule has 0 saturated heterocycles. The molecule has 1 aliphatic rings. The van der Waals surface area contributed by atoms with Crippen LogP contribution in [-0.2, 0) is 5.54 Å². The lowest BCUT2D eigenvalue weighted by Gasteiger charge is -2.41. The molecule has 0 spiro atoms. The van der Waals surface area contributed by atoms with Gasteiger partial charge >= 0.3 is 0 Å². The molecular weight excluding hydrogens is 230 g/mol. The van der Waals surface area contributed by atoms with E-state index in [1.54, 1.807) is 0 Å². The first-order chi connectivity index (χ1) is 8.99. The minimum absolute atomic E-state index is 0.00194. The zero-order chi connectivity index (χ0) is 13.7. The van der Waals surface area contributed by atoms with Gasteiger partial charge in [0.05, 0.1) is 5.54 Å². The molecular formula is C18H21N. The second-order valence-electron chi connectivity index (χ2n) is 6.20. The molecule has 0 aliphatic heterocycles. The molecule has 0 amide bonds. The number of rotatable bonds is 1. The van der Waals surface area contributed by atoms with Crippen molar-refractivity contribution in [3.8, 4) is 0 Å². The van der Waals surface area contributed by atoms with Gasteiger partial charge in [-0.1, -0.05) is 75.4 Å². The Morgan fingerprint density at radius 1 is 0.895 bits per heavy atom. The van der Waals surface area contributed by atoms with Crippen molar-refractivity contribution in [2.75, 3.05) is 0 Å². The molecule has 98 valence electrons. The third kappa shape index (κ3) is 1.45. The highest BCUT2D eigenvalue weighted by Crippen LogP contribution is 2.58. The van der Waals surface area contributed by atoms with E-state index in [2.05, 4.69) is 69.3 Å². The minimum atomic E-state index is -0.412. The minimum Gasteiger partial charge on any atom is -0.317 e. The summed E-state index contributed by atoms with van der Waals surface area (Å²) < 4.78 is 0. The highest BCUT2D eigenvalue weighted by Gasteiger charge is 2.54. The van der Waals surface area contributed by atoms with Crippen LogP contribution in [0.2, 0.25) is 0 Å². The molecule has 19 heavy (non-hydrogen) atoms. The summed E-state index contributed by atoms with van der Waals surface area (Å²) in [6.07, 6.45) is 0. The van der Waals surface area contributed by atoms with E-state index < -0.39 is 5.54 Å². The largest absolute Gasteiger partial charge is 0.317 e. The molecule has 2 unspecified atom stereocenters. The third-order valence-corrected chi connectivity index (χ3v) is 5.18. The first-order valence-corrected chi connectivity index (χ1v) is 6.93. The molecule has 2 N–H and O–H groups in total. The Hall–Kier alpha value is -1.60. The maximum atomic E-state index is 6.96. The average molecular weight is 251 g/mol. The van der Waals surface area contributed by atoms with E-state index in [4.69, 9.17) is 5.73 Å². The number of nitrogens with two attached hydrogens (primary N) is 1. The highest BCUT2D eigenvalue weighted by atomic mass is 14.8. The summed E-state index contributed by atoms with van der Waals surface area (Å²) in [4.78, 5) is 0. The van der Waals surface area contributed by atoms with Crippen LogP contribution < -0.4 is 5.73 Å². The first-order valence-electron chi connectivity index (χ1n) is 6.93. The topological polar surface area (TPSA) is 26.0 Å². The molecule has 0 saturated carbocycles. The first kappa shape index (κ1) is 12.4. The Labute approximate surface area is 115 Å². The lowest BCUT2D eigenvalue weighted by molar-refractivity contribution is 0.198. The predicted molar refractivity (Wildman–Crippen MR) is 80.0 cm³/mol. The Kier molecular flexibility index (Phi) is 2.58. The normalized spacial score (nSPS) is 28.1. The van der Waals surface area contributed by atoms with Gasteiger partial charge in [-0.3, -0.25) is 0 Å². The van der Waals surface area contributed by atoms with E-state index in [0.717, 1.165) is 0 Å². The van der Waals surface area contributed by atoms with Crippen LogP contribution in [-0.4, -0.2) is 0 Å². The van der Waals surface area contributed by atoms with Crippen LogP contribution in [0.25, 0.3) is 0 Å². The predicted octanol–water partition coefficient (Wildman–Crippen LogP) is 4.03. The van der Waals surface area contributed by atoms with Crippen molar-refractivity contribution >= 4 is 0 Å². The highest BCUT2D eigenvalue weighted by molar-refractivity contribution is 5.52. The van der Waals surface area contributed by atoms with Gasteiger partial charge in [-0.2, -0.15) is 0 Å². The average Bonchev–Trinajstić information content (AvgIpc) is 2.60. The van der Waals surface area contributed by atoms with Crippen molar-refractivity contribution in [2.45, 2.75) is 32.2 Å². The fraction of sp³-hybridized carbons (Fsp3) is 0.333. The number of benzene rings is 2. The smallest absolute Gasteiger partial charge is 0.0725 e. The Bertz CT molecular complexity index is 600. The third-order valence-electron chi connectivity index (χ3n) is 5.18. The molecule has 2 aromatic carbocycles. The van der Waals surface area contributed by atoms with Gasteiger partial charge in [0.1, 0.15) is 0 Å². The molecule has 0 bridgehead atoms. The maximum absolute atomic E-state index is 6.96. The van der Waals surface area contributed by atoms with Crippen LogP contribution in [0.15, 0.2) is 54.6 Å². The molecule has 1 heteroatoms. The van der Waals surface area contributed by atoms with Crippen LogP contribution in [0.3, 0.4) is 0 Å². The van der Waals surface area contributed by atoms with Crippen LogP contribution in [0, 0.1) is 5.41 Å². The molecule has 1 nitrogen and oxygen atoms in total. The van der Waals surface area contributed by atoms with Crippen molar-refractivity contribution in [3.05, 3.63) is 71.3 Å². The number of hydrogen-bond acceptors (Lipinski definition) is 1. The summed E-state index contributed by atoms with van der Waals surface area (Å²) in [7, 11) is 0. The quantitative estimate of drug-likeness (QED) is 0.813. The van der Waals surface area contributed by atoms with Crippen LogP contribution >= 0.6 is 0 Å². The van der Waals surface area contributed by atoms with Crippen molar-refractivity contribution < 1.29 is 0 Å². The molecule has 0 radical (unpaired) electrons. The monoisotopic (exact) mass is 251 g/mol. The maximum Gasteiger partial charge on any atom is 0.0725 e. The zero-order valence-corrected chi connectivity index (χ0v) is 11.9. The summed E-state index contributed by atoms with van der Waals surface area (Å²) in [5, 5.41) is 0. The van der Waals surface area contributed by atoms with E-state index in [9.17, 15) is 0 Å². The summed E-state index contributed by atoms with van der Waals surface area (Å²) in [6.45, 7) is 6.85. The molecule has 0 heterocycles. The van der Waals surface area contributed by atoms with Gasteiger partial charge < -0.3 is 5.73 Å². The van der Waals surface area contributed by atoms with Crippen molar-refractivity contribution in [2.24, 2.45) is 11.1 Å². The molecule has 1 aliphatic carbocycles. The number of hydrogen-bond donors (Lipinski definition) is 1. The number of fused-ring (bicyclic) bond motifs is 1. The molecule has 2 atom stereocenters. The summed E-state index contributed by atoms with van der Waals surface area (Å²) >= 11 is 0. The van der Waals surface area contributed by atoms with Gasteiger partial charge in [0.2, 0.25) is 0 Å². The molecule has 0 aromatic heterocycles. The van der Waals surface area contributed by atoms with Crippen molar-refractivity contribution in [3.63, 3.8) is 0 Å². The fourth-order valence-corrected chi connectivity index (χ4v) is 3.54. The standard InChI is InChI=1S/C18H21N/c1-13-15-11-7-8-12-16(15)18(19,17(13,2)3)14-9-5-4-6-10-14/h4-13H,19H2,1-3H3. The van der Waals surface area contributed by atoms with Gasteiger partial charge in [0, 0.05) is 0 Å². The van der Waals surface area contributed by atoms with Crippen LogP contribution in [0.5, 0.6) is 0 Å². The SMILES string of the molecule is CC1c2ccccc2C(N)(c2ccccc2)C1(C)C. The van der Waals surface area contributed by atoms with Gasteiger partial charge in [-0.15, -0.1) is 0 Å². The van der Waals surface area contributed by atoms with Crippen LogP contribution in [0.4, 0.5) is 0 Å². The summed E-state index contributed by atoms with van der Waals surface area (Å²) in [5.41, 5.74) is 10.4. The van der Waals surface area contributed by atoms with Gasteiger partial charge in [0.25, 0.3) is 0 Å². The lowest BCUT2D eigenvalue weighted by Crippen LogP contribution is -2.48. The zero-order valence-electron chi connectivity index (χ0n) is 11.9. The summed E-state index contributed by atoms with van der Waals surface area (Å²) in [6, 6.07) is 19.1. The van der Waals surface area contributed by atoms with Gasteiger partial charge in [0.15, 0.2) is 0 Å². The lowest BCUT2D eigenvalue weighted by atomic mass is 9.66. The molecule has 3 rings (SSSR count). The second-order valence-corrected chi connectivity index (χ2v) is 6.20. The Balaban J connectivity index is 2.31. The molecule has 2 aromatic rings. The Morgan fingerprint density at radius 3 is 2.16 bits per heavy atom. The fourth-order valence-electron chi connectivity index (χ4n) is 3.54. The van der Waals surface area contributed by atoms with E-state index in [1.807, 2.05) is 6.07 Å². The van der Waals surface area contributed by atoms with E-state index >= 15 is 0 Å². The van der Waals surface area contributed by atoms with Crippen molar-refractivity contribution in [1.29, 1.82) is 0 Å². The van der Waals surface area contributed by atoms with Crippen molar-refractivity contribution in [1.82, 2.24) is 0 Å². The van der Waals surface area contributed by atoms with E-state index in [1.165, 1.54) is 16.7 Å². The van der Waals surface area contributed by atoms with Gasteiger partial charge in [-0.05, 0) is 28.0 Å². The van der Waals surface area contributed by atoms with E-state index in [-0.39, 0.29) is 5.41 Å². The molecule has 0 fully saturated rings. The Morgan fingerprint density at radius 2 is 1.47 bits per heavy atom. The van der Waals surface area contributed by atoms with E-state index in [0.29, 0.717) is 5.92 Å². The van der Waals surface area contributed by atoms with Gasteiger partial charge in [-0.25, -0.2) is 0 Å². The second kappa shape index (κ2) is 3.94.